The zero-order valence-corrected chi connectivity index (χ0v) is 10.7. The fourth-order valence-electron chi connectivity index (χ4n) is 2.09. The molecule has 2 nitrogen and oxygen atoms in total. The average molecular weight is 229 g/mol. The summed E-state index contributed by atoms with van der Waals surface area (Å²) >= 11 is 0. The van der Waals surface area contributed by atoms with Gasteiger partial charge >= 0.3 is 0 Å². The number of nitrogens with one attached hydrogen (secondary N) is 1. The minimum Gasteiger partial charge on any atom is -0.312 e. The summed E-state index contributed by atoms with van der Waals surface area (Å²) in [6.45, 7) is 7.48. The second kappa shape index (κ2) is 4.46. The molecule has 17 heavy (non-hydrogen) atoms. The third-order valence-corrected chi connectivity index (χ3v) is 3.21. The highest BCUT2D eigenvalue weighted by molar-refractivity contribution is 6.04. The Morgan fingerprint density at radius 3 is 2.53 bits per heavy atom. The van der Waals surface area contributed by atoms with Crippen molar-refractivity contribution in [1.82, 2.24) is 5.32 Å². The number of ketones is 1. The van der Waals surface area contributed by atoms with Crippen LogP contribution in [0, 0.1) is 12.3 Å². The molecule has 90 valence electrons. The number of Topliss-reactive ketones (excluding diaryl/α,β-unsaturated/α-hetero) is 1. The second-order valence-corrected chi connectivity index (χ2v) is 5.40. The number of benzene rings is 1. The number of rotatable bonds is 1. The number of hydrogen-bond acceptors (Lipinski definition) is 2. The Kier molecular flexibility index (Phi) is 3.16. The first kappa shape index (κ1) is 12.1. The molecule has 0 aliphatic carbocycles. The number of piperidine rings is 1. The first-order valence-corrected chi connectivity index (χ1v) is 6.02. The Balaban J connectivity index is 2.27. The fourth-order valence-corrected chi connectivity index (χ4v) is 2.09. The molecule has 1 aliphatic heterocycles. The Morgan fingerprint density at radius 1 is 1.24 bits per heavy atom. The highest BCUT2D eigenvalue weighted by atomic mass is 16.1. The van der Waals surface area contributed by atoms with Crippen LogP contribution in [0.25, 0.3) is 6.08 Å². The monoisotopic (exact) mass is 229 g/mol. The van der Waals surface area contributed by atoms with Gasteiger partial charge in [0.25, 0.3) is 0 Å². The molecular formula is C15H19NO. The maximum Gasteiger partial charge on any atom is 0.167 e. The van der Waals surface area contributed by atoms with E-state index in [0.29, 0.717) is 6.54 Å². The van der Waals surface area contributed by atoms with E-state index in [1.54, 1.807) is 0 Å². The van der Waals surface area contributed by atoms with Gasteiger partial charge in [-0.2, -0.15) is 0 Å². The molecule has 2 heteroatoms. The standard InChI is InChI=1S/C15H19NO/c1-11-4-6-12(7-5-11)8-13-9-16-10-15(2,3)14(13)17/h4-8,16H,9-10H2,1-3H3/b13-8+. The van der Waals surface area contributed by atoms with E-state index >= 15 is 0 Å². The Bertz CT molecular complexity index is 454. The summed E-state index contributed by atoms with van der Waals surface area (Å²) in [5.41, 5.74) is 2.93. The molecule has 1 N–H and O–H groups in total. The van der Waals surface area contributed by atoms with Crippen LogP contribution in [0.3, 0.4) is 0 Å². The van der Waals surface area contributed by atoms with Crippen molar-refractivity contribution >= 4 is 11.9 Å². The van der Waals surface area contributed by atoms with Gasteiger partial charge in [0.1, 0.15) is 0 Å². The summed E-state index contributed by atoms with van der Waals surface area (Å²) in [6, 6.07) is 8.24. The molecule has 1 aromatic rings. The van der Waals surface area contributed by atoms with Crippen molar-refractivity contribution in [3.8, 4) is 0 Å². The molecule has 1 saturated heterocycles. The molecule has 1 aliphatic rings. The first-order valence-electron chi connectivity index (χ1n) is 6.02. The summed E-state index contributed by atoms with van der Waals surface area (Å²) in [6.07, 6.45) is 2.00. The highest BCUT2D eigenvalue weighted by Crippen LogP contribution is 2.25. The maximum atomic E-state index is 12.2. The lowest BCUT2D eigenvalue weighted by atomic mass is 9.80. The van der Waals surface area contributed by atoms with E-state index in [2.05, 4.69) is 36.5 Å². The summed E-state index contributed by atoms with van der Waals surface area (Å²) < 4.78 is 0. The Morgan fingerprint density at radius 2 is 1.88 bits per heavy atom. The van der Waals surface area contributed by atoms with Crippen molar-refractivity contribution in [2.75, 3.05) is 13.1 Å². The van der Waals surface area contributed by atoms with E-state index in [1.807, 2.05) is 19.9 Å². The quantitative estimate of drug-likeness (QED) is 0.750. The van der Waals surface area contributed by atoms with Gasteiger partial charge in [0.15, 0.2) is 5.78 Å². The lowest BCUT2D eigenvalue weighted by molar-refractivity contribution is -0.124. The zero-order valence-electron chi connectivity index (χ0n) is 10.7. The first-order chi connectivity index (χ1) is 7.99. The van der Waals surface area contributed by atoms with E-state index < -0.39 is 0 Å². The molecular weight excluding hydrogens is 210 g/mol. The Labute approximate surface area is 103 Å². The van der Waals surface area contributed by atoms with Gasteiger partial charge < -0.3 is 5.32 Å². The lowest BCUT2D eigenvalue weighted by Crippen LogP contribution is -2.44. The van der Waals surface area contributed by atoms with Crippen molar-refractivity contribution in [3.63, 3.8) is 0 Å². The molecule has 0 atom stereocenters. The lowest BCUT2D eigenvalue weighted by Gasteiger charge is -2.30. The van der Waals surface area contributed by atoms with Crippen molar-refractivity contribution in [2.45, 2.75) is 20.8 Å². The number of carbonyl (C=O) groups is 1. The largest absolute Gasteiger partial charge is 0.312 e. The van der Waals surface area contributed by atoms with Crippen molar-refractivity contribution in [2.24, 2.45) is 5.41 Å². The molecule has 0 unspecified atom stereocenters. The highest BCUT2D eigenvalue weighted by Gasteiger charge is 2.33. The molecule has 0 radical (unpaired) electrons. The van der Waals surface area contributed by atoms with Crippen LogP contribution in [0.15, 0.2) is 29.8 Å². The van der Waals surface area contributed by atoms with Crippen LogP contribution in [-0.4, -0.2) is 18.9 Å². The zero-order chi connectivity index (χ0) is 12.5. The van der Waals surface area contributed by atoms with Crippen molar-refractivity contribution in [3.05, 3.63) is 41.0 Å². The van der Waals surface area contributed by atoms with Gasteiger partial charge in [-0.15, -0.1) is 0 Å². The van der Waals surface area contributed by atoms with Gasteiger partial charge in [-0.3, -0.25) is 4.79 Å². The normalized spacial score (nSPS) is 21.8. The van der Waals surface area contributed by atoms with Crippen LogP contribution in [0.1, 0.15) is 25.0 Å². The van der Waals surface area contributed by atoms with Gasteiger partial charge in [0, 0.05) is 24.1 Å². The predicted molar refractivity (Wildman–Crippen MR) is 70.8 cm³/mol. The van der Waals surface area contributed by atoms with Crippen LogP contribution in [0.4, 0.5) is 0 Å². The van der Waals surface area contributed by atoms with Gasteiger partial charge in [-0.25, -0.2) is 0 Å². The van der Waals surface area contributed by atoms with Gasteiger partial charge in [0.05, 0.1) is 0 Å². The average Bonchev–Trinajstić information content (AvgIpc) is 2.28. The van der Waals surface area contributed by atoms with E-state index in [0.717, 1.165) is 17.7 Å². The third kappa shape index (κ3) is 2.64. The van der Waals surface area contributed by atoms with Gasteiger partial charge in [0.2, 0.25) is 0 Å². The maximum absolute atomic E-state index is 12.2. The van der Waals surface area contributed by atoms with E-state index in [-0.39, 0.29) is 11.2 Å². The number of carbonyl (C=O) groups excluding carboxylic acids is 1. The summed E-state index contributed by atoms with van der Waals surface area (Å²) in [4.78, 5) is 12.2. The minimum absolute atomic E-state index is 0.261. The SMILES string of the molecule is Cc1ccc(/C=C2\CNCC(C)(C)C2=O)cc1. The Hall–Kier alpha value is -1.41. The molecule has 0 saturated carbocycles. The fraction of sp³-hybridized carbons (Fsp3) is 0.400. The van der Waals surface area contributed by atoms with E-state index in [9.17, 15) is 4.79 Å². The van der Waals surface area contributed by atoms with Gasteiger partial charge in [-0.05, 0) is 18.6 Å². The predicted octanol–water partition coefficient (Wildman–Crippen LogP) is 2.58. The second-order valence-electron chi connectivity index (χ2n) is 5.40. The van der Waals surface area contributed by atoms with Crippen molar-refractivity contribution < 1.29 is 4.79 Å². The van der Waals surface area contributed by atoms with E-state index in [4.69, 9.17) is 0 Å². The molecule has 0 aromatic heterocycles. The summed E-state index contributed by atoms with van der Waals surface area (Å²) in [5, 5.41) is 3.30. The summed E-state index contributed by atoms with van der Waals surface area (Å²) in [7, 11) is 0. The number of aryl methyl sites for hydroxylation is 1. The third-order valence-electron chi connectivity index (χ3n) is 3.21. The van der Waals surface area contributed by atoms with Crippen LogP contribution in [0.5, 0.6) is 0 Å². The molecule has 0 bridgehead atoms. The number of hydrogen-bond donors (Lipinski definition) is 1. The molecule has 2 rings (SSSR count). The molecule has 1 fully saturated rings. The smallest absolute Gasteiger partial charge is 0.167 e. The van der Waals surface area contributed by atoms with Crippen LogP contribution < -0.4 is 5.32 Å². The summed E-state index contributed by atoms with van der Waals surface area (Å²) in [5.74, 6) is 0.261. The molecule has 0 spiro atoms. The van der Waals surface area contributed by atoms with Crippen LogP contribution >= 0.6 is 0 Å². The van der Waals surface area contributed by atoms with E-state index in [1.165, 1.54) is 5.56 Å². The molecule has 1 heterocycles. The topological polar surface area (TPSA) is 29.1 Å². The van der Waals surface area contributed by atoms with Gasteiger partial charge in [-0.1, -0.05) is 43.7 Å². The minimum atomic E-state index is -0.283. The molecule has 0 amide bonds. The van der Waals surface area contributed by atoms with Crippen LogP contribution in [-0.2, 0) is 4.79 Å². The van der Waals surface area contributed by atoms with Crippen molar-refractivity contribution in [1.29, 1.82) is 0 Å². The van der Waals surface area contributed by atoms with Crippen LogP contribution in [0.2, 0.25) is 0 Å². The molecule has 1 aromatic carbocycles.